The van der Waals surface area contributed by atoms with Crippen LogP contribution in [0.3, 0.4) is 0 Å². The third-order valence-corrected chi connectivity index (χ3v) is 11.7. The molecule has 0 atom stereocenters. The van der Waals surface area contributed by atoms with Gasteiger partial charge in [0.1, 0.15) is 5.75 Å². The van der Waals surface area contributed by atoms with Crippen molar-refractivity contribution in [3.63, 3.8) is 0 Å². The highest BCUT2D eigenvalue weighted by Gasteiger charge is 2.41. The molecule has 0 amide bonds. The highest BCUT2D eigenvalue weighted by atomic mass is 16.4. The van der Waals surface area contributed by atoms with E-state index >= 15 is 0 Å². The molecule has 356 valence electrons. The maximum atomic E-state index is 12.6. The Morgan fingerprint density at radius 3 is 0.783 bits per heavy atom. The predicted molar refractivity (Wildman–Crippen MR) is 226 cm³/mol. The van der Waals surface area contributed by atoms with Crippen LogP contribution in [-0.4, -0.2) is 133 Å². The lowest BCUT2D eigenvalue weighted by Gasteiger charge is -2.25. The van der Waals surface area contributed by atoms with E-state index in [0.29, 0.717) is 0 Å². The Morgan fingerprint density at radius 1 is 0.130 bits per heavy atom. The van der Waals surface area contributed by atoms with Crippen molar-refractivity contribution in [3.05, 3.63) is 0 Å². The third-order valence-electron chi connectivity index (χ3n) is 11.7. The van der Waals surface area contributed by atoms with Crippen molar-refractivity contribution in [2.75, 3.05) is 0 Å². The van der Waals surface area contributed by atoms with Crippen molar-refractivity contribution in [3.8, 4) is 183 Å². The van der Waals surface area contributed by atoms with Gasteiger partial charge in [-0.3, -0.25) is 0 Å². The summed E-state index contributed by atoms with van der Waals surface area (Å²) in [6, 6.07) is 0. The van der Waals surface area contributed by atoms with E-state index in [-0.39, 0.29) is 0 Å². The van der Waals surface area contributed by atoms with Gasteiger partial charge in [0, 0.05) is 43.6 Å². The molecule has 0 radical (unpaired) electrons. The van der Waals surface area contributed by atoms with E-state index in [4.69, 9.17) is 4.42 Å². The number of phenolic OH excluding ortho intramolecular Hbond substituents is 26. The highest BCUT2D eigenvalue weighted by molar-refractivity contribution is 6.35. The number of furan rings is 1. The van der Waals surface area contributed by atoms with E-state index in [2.05, 4.69) is 0 Å². The van der Waals surface area contributed by atoms with Gasteiger partial charge in [-0.2, -0.15) is 0 Å². The first kappa shape index (κ1) is 43.4. The van der Waals surface area contributed by atoms with E-state index < -0.39 is 237 Å². The minimum Gasteiger partial charge on any atom is -0.506 e. The SMILES string of the molecule is Oc1c(O)c(O)c(-c2c(O)c(O)c3c(-c4c(O)c(O)c(O)c5c(O)c(O)c(O)c(O)c45)c4c(O)c(O)c(O)c(O)c4c(-c4c(O)c(O)c(O)c5c4oc4c(O)c(O)c(O)c(O)c45)c3c2O)c(O)c1O. The molecule has 0 bridgehead atoms. The lowest BCUT2D eigenvalue weighted by molar-refractivity contribution is 0.329. The summed E-state index contributed by atoms with van der Waals surface area (Å²) >= 11 is 0. The van der Waals surface area contributed by atoms with Crippen LogP contribution in [-0.2, 0) is 0 Å². The molecule has 0 aliphatic rings. The Bertz CT molecular complexity index is 3920. The van der Waals surface area contributed by atoms with Gasteiger partial charge in [-0.05, 0) is 0 Å². The lowest BCUT2D eigenvalue weighted by atomic mass is 9.80. The number of rotatable bonds is 3. The Balaban J connectivity index is 1.74. The van der Waals surface area contributed by atoms with Gasteiger partial charge < -0.3 is 137 Å². The van der Waals surface area contributed by atoms with E-state index in [9.17, 15) is 133 Å². The van der Waals surface area contributed by atoms with Gasteiger partial charge in [-0.25, -0.2) is 0 Å². The molecule has 69 heavy (non-hydrogen) atoms. The summed E-state index contributed by atoms with van der Waals surface area (Å²) in [7, 11) is 0. The zero-order valence-corrected chi connectivity index (χ0v) is 33.0. The van der Waals surface area contributed by atoms with Crippen molar-refractivity contribution in [1.82, 2.24) is 0 Å². The monoisotopic (exact) mass is 962 g/mol. The Labute approximate surface area is 373 Å². The van der Waals surface area contributed by atoms with E-state index in [1.54, 1.807) is 0 Å². The molecule has 9 aromatic rings. The Kier molecular flexibility index (Phi) is 8.40. The van der Waals surface area contributed by atoms with E-state index in [1.165, 1.54) is 0 Å². The molecule has 8 aromatic carbocycles. The van der Waals surface area contributed by atoms with E-state index in [0.717, 1.165) is 0 Å². The molecule has 26 N–H and O–H groups in total. The van der Waals surface area contributed by atoms with Crippen molar-refractivity contribution in [2.24, 2.45) is 0 Å². The van der Waals surface area contributed by atoms with Crippen LogP contribution in [0, 0.1) is 0 Å². The van der Waals surface area contributed by atoms with Gasteiger partial charge in [0.15, 0.2) is 85.9 Å². The largest absolute Gasteiger partial charge is 0.506 e. The van der Waals surface area contributed by atoms with Crippen LogP contribution in [0.15, 0.2) is 4.42 Å². The smallest absolute Gasteiger partial charge is 0.208 e. The first-order chi connectivity index (χ1) is 32.2. The Hall–Kier alpha value is -10.9. The lowest BCUT2D eigenvalue weighted by Crippen LogP contribution is -1.98. The molecule has 0 aliphatic carbocycles. The standard InChI is InChI=1S/C42H26O27/c43-15-3-2(12-26(54)30(58)27(55)13-14-28(56)37(65)39(67)40(68)42(14)69-41(12)13)7-5(18(46)31(59)32(60)19(7)47)1(6-8-9(22(50)29(57)17(6)45)23(51)34(62)33(61)20(8)48)4(3)16(44)21(49)10(15)11-24(52)35(63)38(66)36(64)25(11)53/h43-68H. The van der Waals surface area contributed by atoms with Crippen LogP contribution in [0.1, 0.15) is 0 Å². The molecule has 27 heteroatoms. The summed E-state index contributed by atoms with van der Waals surface area (Å²) in [4.78, 5) is 0. The van der Waals surface area contributed by atoms with Gasteiger partial charge in [0.05, 0.1) is 32.8 Å². The highest BCUT2D eigenvalue weighted by Crippen LogP contribution is 2.70. The number of benzene rings is 8. The number of fused-ring (bicyclic) bond motifs is 6. The molecular weight excluding hydrogens is 936 g/mol. The minimum absolute atomic E-state index is 1.03. The van der Waals surface area contributed by atoms with Crippen LogP contribution >= 0.6 is 0 Å². The number of phenols is 26. The zero-order chi connectivity index (χ0) is 51.0. The molecule has 1 heterocycles. The summed E-state index contributed by atoms with van der Waals surface area (Å²) < 4.78 is 5.64. The van der Waals surface area contributed by atoms with Gasteiger partial charge in [0.2, 0.25) is 69.0 Å². The van der Waals surface area contributed by atoms with Crippen molar-refractivity contribution in [1.29, 1.82) is 0 Å². The maximum absolute atomic E-state index is 12.6. The van der Waals surface area contributed by atoms with Crippen LogP contribution in [0.2, 0.25) is 0 Å². The molecular formula is C42H26O27. The molecule has 0 spiro atoms. The van der Waals surface area contributed by atoms with Crippen LogP contribution in [0.4, 0.5) is 0 Å². The second-order valence-electron chi connectivity index (χ2n) is 15.1. The summed E-state index contributed by atoms with van der Waals surface area (Å²) in [5.74, 6) is -44.1. The van der Waals surface area contributed by atoms with Crippen LogP contribution in [0.25, 0.3) is 87.6 Å². The molecule has 0 aliphatic heterocycles. The second kappa shape index (κ2) is 13.4. The minimum atomic E-state index is -1.88. The summed E-state index contributed by atoms with van der Waals surface area (Å²) in [6.45, 7) is 0. The van der Waals surface area contributed by atoms with Gasteiger partial charge in [-0.15, -0.1) is 0 Å². The average Bonchev–Trinajstić information content (AvgIpc) is 3.72. The van der Waals surface area contributed by atoms with Crippen molar-refractivity contribution >= 4 is 54.3 Å². The van der Waals surface area contributed by atoms with Gasteiger partial charge >= 0.3 is 0 Å². The third kappa shape index (κ3) is 4.86. The summed E-state index contributed by atoms with van der Waals surface area (Å²) in [5.41, 5.74) is -11.3. The van der Waals surface area contributed by atoms with Crippen molar-refractivity contribution < 1.29 is 137 Å². The average molecular weight is 963 g/mol. The predicted octanol–water partition coefficient (Wildman–Crippen LogP) is 4.39. The first-order valence-corrected chi connectivity index (χ1v) is 18.5. The fourth-order valence-corrected chi connectivity index (χ4v) is 8.54. The summed E-state index contributed by atoms with van der Waals surface area (Å²) in [6.07, 6.45) is 0. The topological polar surface area (TPSA) is 539 Å². The number of hydrogen-bond acceptors (Lipinski definition) is 27. The number of aromatic hydroxyl groups is 26. The molecule has 1 aromatic heterocycles. The summed E-state index contributed by atoms with van der Waals surface area (Å²) in [5, 5.41) is 279. The zero-order valence-electron chi connectivity index (χ0n) is 33.0. The van der Waals surface area contributed by atoms with Crippen LogP contribution in [0.5, 0.6) is 149 Å². The van der Waals surface area contributed by atoms with Gasteiger partial charge in [0.25, 0.3) is 0 Å². The number of hydrogen-bond donors (Lipinski definition) is 26. The first-order valence-electron chi connectivity index (χ1n) is 18.5. The molecule has 0 saturated heterocycles. The second-order valence-corrected chi connectivity index (χ2v) is 15.1. The van der Waals surface area contributed by atoms with Crippen LogP contribution < -0.4 is 0 Å². The fourth-order valence-electron chi connectivity index (χ4n) is 8.54. The van der Waals surface area contributed by atoms with E-state index in [1.807, 2.05) is 0 Å². The Morgan fingerprint density at radius 2 is 0.348 bits per heavy atom. The molecule has 0 unspecified atom stereocenters. The van der Waals surface area contributed by atoms with Gasteiger partial charge in [-0.1, -0.05) is 0 Å². The molecule has 27 nitrogen and oxygen atoms in total. The maximum Gasteiger partial charge on any atom is 0.208 e. The molecule has 0 fully saturated rings. The quantitative estimate of drug-likeness (QED) is 0.0663. The molecule has 9 rings (SSSR count). The molecule has 0 saturated carbocycles. The fraction of sp³-hybridized carbons (Fsp3) is 0. The normalized spacial score (nSPS) is 11.8. The van der Waals surface area contributed by atoms with Crippen molar-refractivity contribution in [2.45, 2.75) is 0 Å².